The van der Waals surface area contributed by atoms with Crippen LogP contribution >= 0.6 is 23.6 Å². The molecule has 1 saturated heterocycles. The number of fused-ring (bicyclic) bond motifs is 1. The van der Waals surface area contributed by atoms with Gasteiger partial charge in [0.15, 0.2) is 4.77 Å². The van der Waals surface area contributed by atoms with E-state index in [9.17, 15) is 4.79 Å². The van der Waals surface area contributed by atoms with Gasteiger partial charge in [0.05, 0.1) is 5.52 Å². The van der Waals surface area contributed by atoms with Crippen LogP contribution in [0.5, 0.6) is 0 Å². The number of hydrogen-bond acceptors (Lipinski definition) is 4. The second kappa shape index (κ2) is 4.36. The van der Waals surface area contributed by atoms with Gasteiger partial charge in [-0.1, -0.05) is 0 Å². The van der Waals surface area contributed by atoms with E-state index in [0.717, 1.165) is 23.1 Å². The van der Waals surface area contributed by atoms with E-state index in [1.807, 2.05) is 11.4 Å². The van der Waals surface area contributed by atoms with Gasteiger partial charge in [0, 0.05) is 19.3 Å². The normalized spacial score (nSPS) is 17.6. The van der Waals surface area contributed by atoms with Crippen molar-refractivity contribution in [3.63, 3.8) is 0 Å². The molecule has 2 aromatic rings. The van der Waals surface area contributed by atoms with Gasteiger partial charge in [-0.2, -0.15) is 0 Å². The number of aromatic nitrogens is 2. The van der Waals surface area contributed by atoms with Crippen molar-refractivity contribution in [2.75, 3.05) is 13.2 Å². The van der Waals surface area contributed by atoms with Crippen molar-refractivity contribution in [1.82, 2.24) is 9.55 Å². The first-order valence-corrected chi connectivity index (χ1v) is 6.86. The summed E-state index contributed by atoms with van der Waals surface area (Å²) in [6.45, 7) is 1.41. The number of rotatable bonds is 1. The fourth-order valence-electron chi connectivity index (χ4n) is 2.23. The average Bonchev–Trinajstić information content (AvgIpc) is 2.78. The molecule has 1 N–H and O–H groups in total. The Hall–Kier alpha value is -0.980. The van der Waals surface area contributed by atoms with Gasteiger partial charge >= 0.3 is 0 Å². The second-order valence-corrected chi connectivity index (χ2v) is 5.42. The van der Waals surface area contributed by atoms with E-state index in [-0.39, 0.29) is 11.6 Å². The van der Waals surface area contributed by atoms with Crippen LogP contribution in [-0.2, 0) is 4.74 Å². The molecular formula is C11H12N2O2S2. The number of nitrogens with one attached hydrogen (secondary N) is 1. The van der Waals surface area contributed by atoms with Crippen molar-refractivity contribution in [1.29, 1.82) is 0 Å². The van der Waals surface area contributed by atoms with Crippen LogP contribution in [0.2, 0.25) is 0 Å². The number of thiophene rings is 1. The van der Waals surface area contributed by atoms with Gasteiger partial charge < -0.3 is 9.72 Å². The zero-order chi connectivity index (χ0) is 11.8. The highest BCUT2D eigenvalue weighted by atomic mass is 32.1. The quantitative estimate of drug-likeness (QED) is 0.808. The molecule has 3 heterocycles. The van der Waals surface area contributed by atoms with Gasteiger partial charge in [-0.05, 0) is 36.5 Å². The first-order valence-electron chi connectivity index (χ1n) is 5.57. The highest BCUT2D eigenvalue weighted by Gasteiger charge is 2.19. The summed E-state index contributed by atoms with van der Waals surface area (Å²) < 4.78 is 8.31. The Balaban J connectivity index is 2.20. The van der Waals surface area contributed by atoms with Crippen molar-refractivity contribution in [3.05, 3.63) is 26.6 Å². The number of hydrogen-bond donors (Lipinski definition) is 1. The Morgan fingerprint density at radius 3 is 3.00 bits per heavy atom. The fraction of sp³-hybridized carbons (Fsp3) is 0.455. The maximum atomic E-state index is 12.4. The first-order chi connectivity index (χ1) is 8.27. The number of nitrogens with zero attached hydrogens (tertiary/aromatic N) is 1. The summed E-state index contributed by atoms with van der Waals surface area (Å²) in [6.07, 6.45) is 1.71. The lowest BCUT2D eigenvalue weighted by Gasteiger charge is -2.24. The molecule has 6 heteroatoms. The molecule has 0 radical (unpaired) electrons. The predicted molar refractivity (Wildman–Crippen MR) is 70.4 cm³/mol. The Morgan fingerprint density at radius 1 is 1.47 bits per heavy atom. The molecule has 1 fully saturated rings. The van der Waals surface area contributed by atoms with Gasteiger partial charge in [0.25, 0.3) is 5.56 Å². The molecule has 90 valence electrons. The summed E-state index contributed by atoms with van der Waals surface area (Å²) >= 11 is 6.74. The molecule has 0 unspecified atom stereocenters. The maximum absolute atomic E-state index is 12.4. The van der Waals surface area contributed by atoms with E-state index in [1.54, 1.807) is 4.57 Å². The predicted octanol–water partition coefficient (Wildman–Crippen LogP) is 2.47. The third kappa shape index (κ3) is 1.86. The number of ether oxygens (including phenoxy) is 1. The van der Waals surface area contributed by atoms with Crippen LogP contribution in [0.4, 0.5) is 0 Å². The average molecular weight is 268 g/mol. The molecule has 17 heavy (non-hydrogen) atoms. The van der Waals surface area contributed by atoms with Crippen molar-refractivity contribution in [3.8, 4) is 0 Å². The number of H-pyrrole nitrogens is 1. The smallest absolute Gasteiger partial charge is 0.272 e. The molecule has 0 atom stereocenters. The highest BCUT2D eigenvalue weighted by molar-refractivity contribution is 7.71. The molecule has 4 nitrogen and oxygen atoms in total. The molecule has 0 saturated carbocycles. The molecular weight excluding hydrogens is 256 g/mol. The van der Waals surface area contributed by atoms with Crippen LogP contribution in [0.3, 0.4) is 0 Å². The fourth-order valence-corrected chi connectivity index (χ4v) is 3.35. The van der Waals surface area contributed by atoms with E-state index < -0.39 is 0 Å². The van der Waals surface area contributed by atoms with Crippen LogP contribution in [0, 0.1) is 4.77 Å². The lowest BCUT2D eigenvalue weighted by molar-refractivity contribution is 0.0681. The van der Waals surface area contributed by atoms with Crippen molar-refractivity contribution >= 4 is 33.8 Å². The molecule has 3 rings (SSSR count). The van der Waals surface area contributed by atoms with E-state index in [4.69, 9.17) is 17.0 Å². The lowest BCUT2D eigenvalue weighted by atomic mass is 10.1. The summed E-state index contributed by atoms with van der Waals surface area (Å²) in [7, 11) is 0. The van der Waals surface area contributed by atoms with Gasteiger partial charge in [-0.25, -0.2) is 0 Å². The summed E-state index contributed by atoms with van der Waals surface area (Å²) in [5.41, 5.74) is 0.874. The van der Waals surface area contributed by atoms with Gasteiger partial charge in [0.2, 0.25) is 0 Å². The van der Waals surface area contributed by atoms with E-state index in [0.29, 0.717) is 18.0 Å². The van der Waals surface area contributed by atoms with E-state index >= 15 is 0 Å². The van der Waals surface area contributed by atoms with Crippen LogP contribution in [-0.4, -0.2) is 22.8 Å². The summed E-state index contributed by atoms with van der Waals surface area (Å²) in [6, 6.07) is 2.07. The van der Waals surface area contributed by atoms with Crippen LogP contribution < -0.4 is 5.56 Å². The summed E-state index contributed by atoms with van der Waals surface area (Å²) in [5, 5.41) is 1.91. The van der Waals surface area contributed by atoms with Crippen LogP contribution in [0.1, 0.15) is 18.9 Å². The first kappa shape index (κ1) is 11.1. The molecule has 1 aliphatic rings. The standard InChI is InChI=1S/C11H12N2O2S2/c14-10-9-8(3-6-17-9)12-11(16)13(10)7-1-4-15-5-2-7/h3,6-7H,1-2,4-5H2,(H,12,16). The second-order valence-electron chi connectivity index (χ2n) is 4.11. The maximum Gasteiger partial charge on any atom is 0.272 e. The molecule has 0 spiro atoms. The van der Waals surface area contributed by atoms with Crippen molar-refractivity contribution < 1.29 is 4.74 Å². The van der Waals surface area contributed by atoms with E-state index in [2.05, 4.69) is 4.98 Å². The summed E-state index contributed by atoms with van der Waals surface area (Å²) in [5.74, 6) is 0. The Kier molecular flexibility index (Phi) is 2.85. The minimum atomic E-state index is 0.0330. The topological polar surface area (TPSA) is 47.0 Å². The Labute approximate surface area is 107 Å². The molecule has 1 aliphatic heterocycles. The van der Waals surface area contributed by atoms with Crippen molar-refractivity contribution in [2.24, 2.45) is 0 Å². The lowest BCUT2D eigenvalue weighted by Crippen LogP contribution is -2.30. The third-order valence-corrected chi connectivity index (χ3v) is 4.30. The van der Waals surface area contributed by atoms with Crippen molar-refractivity contribution in [2.45, 2.75) is 18.9 Å². The molecule has 0 bridgehead atoms. The Bertz CT molecular complexity index is 649. The van der Waals surface area contributed by atoms with Crippen LogP contribution in [0.15, 0.2) is 16.2 Å². The van der Waals surface area contributed by atoms with Crippen LogP contribution in [0.25, 0.3) is 10.2 Å². The van der Waals surface area contributed by atoms with Gasteiger partial charge in [-0.3, -0.25) is 9.36 Å². The monoisotopic (exact) mass is 268 g/mol. The zero-order valence-electron chi connectivity index (χ0n) is 9.14. The van der Waals surface area contributed by atoms with Gasteiger partial charge in [0.1, 0.15) is 4.70 Å². The molecule has 2 aromatic heterocycles. The largest absolute Gasteiger partial charge is 0.381 e. The molecule has 0 aliphatic carbocycles. The molecule has 0 aromatic carbocycles. The van der Waals surface area contributed by atoms with E-state index in [1.165, 1.54) is 11.3 Å². The SMILES string of the molecule is O=c1c2sccc2[nH]c(=S)n1C1CCOCC1. The van der Waals surface area contributed by atoms with Gasteiger partial charge in [-0.15, -0.1) is 11.3 Å². The summed E-state index contributed by atoms with van der Waals surface area (Å²) in [4.78, 5) is 15.5. The Morgan fingerprint density at radius 2 is 2.24 bits per heavy atom. The highest BCUT2D eigenvalue weighted by Crippen LogP contribution is 2.21. The third-order valence-electron chi connectivity index (χ3n) is 3.09. The zero-order valence-corrected chi connectivity index (χ0v) is 10.8. The minimum absolute atomic E-state index is 0.0330. The number of aromatic amines is 1. The molecule has 0 amide bonds. The minimum Gasteiger partial charge on any atom is -0.381 e.